The number of benzene rings is 1. The van der Waals surface area contributed by atoms with Crippen molar-refractivity contribution in [2.75, 3.05) is 26.9 Å². The second kappa shape index (κ2) is 10.4. The fraction of sp³-hybridized carbons (Fsp3) is 0.467. The van der Waals surface area contributed by atoms with Crippen LogP contribution in [0.25, 0.3) is 0 Å². The number of carboxylic acid groups (broad SMARTS) is 1. The Morgan fingerprint density at radius 2 is 2.05 bits per heavy atom. The second-order valence-corrected chi connectivity index (χ2v) is 4.60. The Bertz CT molecular complexity index is 479. The van der Waals surface area contributed by atoms with Crippen LogP contribution in [-0.2, 0) is 16.1 Å². The van der Waals surface area contributed by atoms with E-state index >= 15 is 0 Å². The van der Waals surface area contributed by atoms with Gasteiger partial charge in [-0.25, -0.2) is 4.79 Å². The van der Waals surface area contributed by atoms with Crippen molar-refractivity contribution in [1.82, 2.24) is 10.6 Å². The van der Waals surface area contributed by atoms with Crippen LogP contribution in [0.15, 0.2) is 24.3 Å². The molecule has 7 nitrogen and oxygen atoms in total. The molecule has 0 aliphatic carbocycles. The molecule has 0 radical (unpaired) electrons. The number of amides is 2. The molecule has 0 heterocycles. The topological polar surface area (TPSA) is 96.9 Å². The van der Waals surface area contributed by atoms with Gasteiger partial charge in [-0.05, 0) is 17.7 Å². The van der Waals surface area contributed by atoms with Crippen LogP contribution in [0.2, 0.25) is 0 Å². The standard InChI is InChI=1S/C15H22N2O5/c1-21-8-3-9-22-13-5-2-4-12(10-13)11-17-15(20)16-7-6-14(18)19/h2,4-5,10H,3,6-9,11H2,1H3,(H,18,19)(H2,16,17,20). The number of hydrogen-bond acceptors (Lipinski definition) is 4. The van der Waals surface area contributed by atoms with E-state index in [2.05, 4.69) is 10.6 Å². The molecule has 0 saturated carbocycles. The summed E-state index contributed by atoms with van der Waals surface area (Å²) in [6.07, 6.45) is 0.711. The maximum Gasteiger partial charge on any atom is 0.315 e. The molecule has 0 aliphatic heterocycles. The van der Waals surface area contributed by atoms with Gasteiger partial charge in [0.25, 0.3) is 0 Å². The first-order valence-electron chi connectivity index (χ1n) is 7.06. The fourth-order valence-corrected chi connectivity index (χ4v) is 1.67. The van der Waals surface area contributed by atoms with Crippen LogP contribution in [0, 0.1) is 0 Å². The van der Waals surface area contributed by atoms with E-state index in [4.69, 9.17) is 14.6 Å². The van der Waals surface area contributed by atoms with Crippen molar-refractivity contribution in [2.24, 2.45) is 0 Å². The van der Waals surface area contributed by atoms with Crippen LogP contribution in [0.1, 0.15) is 18.4 Å². The van der Waals surface area contributed by atoms with Crippen molar-refractivity contribution in [3.8, 4) is 5.75 Å². The van der Waals surface area contributed by atoms with E-state index in [9.17, 15) is 9.59 Å². The van der Waals surface area contributed by atoms with E-state index in [0.29, 0.717) is 19.8 Å². The summed E-state index contributed by atoms with van der Waals surface area (Å²) in [5, 5.41) is 13.6. The lowest BCUT2D eigenvalue weighted by Crippen LogP contribution is -2.36. The number of aliphatic carboxylic acids is 1. The molecular formula is C15H22N2O5. The third-order valence-electron chi connectivity index (χ3n) is 2.74. The van der Waals surface area contributed by atoms with Crippen molar-refractivity contribution in [3.05, 3.63) is 29.8 Å². The van der Waals surface area contributed by atoms with Gasteiger partial charge >= 0.3 is 12.0 Å². The van der Waals surface area contributed by atoms with Gasteiger partial charge < -0.3 is 25.2 Å². The predicted octanol–water partition coefficient (Wildman–Crippen LogP) is 1.38. The molecule has 0 spiro atoms. The number of hydrogen-bond donors (Lipinski definition) is 3. The molecule has 2 amide bonds. The quantitative estimate of drug-likeness (QED) is 0.567. The molecule has 0 atom stereocenters. The Morgan fingerprint density at radius 1 is 1.23 bits per heavy atom. The SMILES string of the molecule is COCCCOc1cccc(CNC(=O)NCCC(=O)O)c1. The second-order valence-electron chi connectivity index (χ2n) is 4.60. The van der Waals surface area contributed by atoms with E-state index in [0.717, 1.165) is 17.7 Å². The maximum absolute atomic E-state index is 11.5. The van der Waals surface area contributed by atoms with E-state index in [1.54, 1.807) is 7.11 Å². The normalized spacial score (nSPS) is 10.0. The van der Waals surface area contributed by atoms with Gasteiger partial charge in [0, 0.05) is 33.2 Å². The Balaban J connectivity index is 2.30. The molecule has 3 N–H and O–H groups in total. The molecular weight excluding hydrogens is 288 g/mol. The third kappa shape index (κ3) is 8.11. The van der Waals surface area contributed by atoms with Crippen molar-refractivity contribution in [3.63, 3.8) is 0 Å². The molecule has 22 heavy (non-hydrogen) atoms. The van der Waals surface area contributed by atoms with E-state index in [-0.39, 0.29) is 13.0 Å². The lowest BCUT2D eigenvalue weighted by Gasteiger charge is -2.09. The lowest BCUT2D eigenvalue weighted by atomic mass is 10.2. The van der Waals surface area contributed by atoms with Gasteiger partial charge in [0.05, 0.1) is 13.0 Å². The summed E-state index contributed by atoms with van der Waals surface area (Å²) >= 11 is 0. The van der Waals surface area contributed by atoms with Crippen LogP contribution in [-0.4, -0.2) is 44.0 Å². The van der Waals surface area contributed by atoms with Gasteiger partial charge in [0.1, 0.15) is 5.75 Å². The number of urea groups is 1. The zero-order valence-corrected chi connectivity index (χ0v) is 12.6. The number of rotatable bonds is 10. The van der Waals surface area contributed by atoms with Crippen molar-refractivity contribution in [2.45, 2.75) is 19.4 Å². The molecule has 0 unspecified atom stereocenters. The number of methoxy groups -OCH3 is 1. The van der Waals surface area contributed by atoms with Gasteiger partial charge in [-0.1, -0.05) is 12.1 Å². The maximum atomic E-state index is 11.5. The summed E-state index contributed by atoms with van der Waals surface area (Å²) in [4.78, 5) is 21.8. The van der Waals surface area contributed by atoms with E-state index in [1.165, 1.54) is 0 Å². The van der Waals surface area contributed by atoms with Gasteiger partial charge in [0.15, 0.2) is 0 Å². The molecule has 7 heteroatoms. The first-order valence-corrected chi connectivity index (χ1v) is 7.06. The highest BCUT2D eigenvalue weighted by atomic mass is 16.5. The third-order valence-corrected chi connectivity index (χ3v) is 2.74. The smallest absolute Gasteiger partial charge is 0.315 e. The zero-order valence-electron chi connectivity index (χ0n) is 12.6. The summed E-state index contributed by atoms with van der Waals surface area (Å²) in [6, 6.07) is 7.03. The minimum atomic E-state index is -0.946. The van der Waals surface area contributed by atoms with Crippen LogP contribution < -0.4 is 15.4 Å². The van der Waals surface area contributed by atoms with Crippen molar-refractivity contribution in [1.29, 1.82) is 0 Å². The lowest BCUT2D eigenvalue weighted by molar-refractivity contribution is -0.136. The van der Waals surface area contributed by atoms with Gasteiger partial charge in [-0.15, -0.1) is 0 Å². The minimum absolute atomic E-state index is 0.0990. The molecule has 122 valence electrons. The van der Waals surface area contributed by atoms with Crippen molar-refractivity contribution < 1.29 is 24.2 Å². The summed E-state index contributed by atoms with van der Waals surface area (Å²) in [5.74, 6) is -0.208. The summed E-state index contributed by atoms with van der Waals surface area (Å²) < 4.78 is 10.5. The Kier molecular flexibility index (Phi) is 8.44. The van der Waals surface area contributed by atoms with E-state index < -0.39 is 12.0 Å². The average Bonchev–Trinajstić information content (AvgIpc) is 2.50. The van der Waals surface area contributed by atoms with Crippen LogP contribution in [0.4, 0.5) is 4.79 Å². The molecule has 0 aromatic heterocycles. The Hall–Kier alpha value is -2.28. The number of carbonyl (C=O) groups is 2. The monoisotopic (exact) mass is 310 g/mol. The zero-order chi connectivity index (χ0) is 16.2. The molecule has 1 aromatic carbocycles. The van der Waals surface area contributed by atoms with Crippen LogP contribution in [0.5, 0.6) is 5.75 Å². The van der Waals surface area contributed by atoms with Crippen molar-refractivity contribution >= 4 is 12.0 Å². The molecule has 0 aliphatic rings. The Morgan fingerprint density at radius 3 is 2.77 bits per heavy atom. The van der Waals surface area contributed by atoms with Crippen LogP contribution in [0.3, 0.4) is 0 Å². The predicted molar refractivity (Wildman–Crippen MR) is 80.9 cm³/mol. The number of carbonyl (C=O) groups excluding carboxylic acids is 1. The summed E-state index contributed by atoms with van der Waals surface area (Å²) in [7, 11) is 1.65. The van der Waals surface area contributed by atoms with Gasteiger partial charge in [-0.3, -0.25) is 4.79 Å². The highest BCUT2D eigenvalue weighted by Gasteiger charge is 2.03. The first kappa shape index (κ1) is 17.8. The highest BCUT2D eigenvalue weighted by Crippen LogP contribution is 2.13. The average molecular weight is 310 g/mol. The molecule has 0 fully saturated rings. The highest BCUT2D eigenvalue weighted by molar-refractivity contribution is 5.74. The minimum Gasteiger partial charge on any atom is -0.493 e. The Labute approximate surface area is 129 Å². The number of nitrogens with one attached hydrogen (secondary N) is 2. The largest absolute Gasteiger partial charge is 0.493 e. The fourth-order valence-electron chi connectivity index (χ4n) is 1.67. The van der Waals surface area contributed by atoms with Gasteiger partial charge in [-0.2, -0.15) is 0 Å². The molecule has 1 rings (SSSR count). The number of carboxylic acids is 1. The van der Waals surface area contributed by atoms with Gasteiger partial charge in [0.2, 0.25) is 0 Å². The van der Waals surface area contributed by atoms with E-state index in [1.807, 2.05) is 24.3 Å². The summed E-state index contributed by atoms with van der Waals surface area (Å²) in [6.45, 7) is 1.66. The van der Waals surface area contributed by atoms with Crippen LogP contribution >= 0.6 is 0 Å². The molecule has 0 saturated heterocycles. The number of ether oxygens (including phenoxy) is 2. The molecule has 0 bridgehead atoms. The molecule has 1 aromatic rings. The summed E-state index contributed by atoms with van der Waals surface area (Å²) in [5.41, 5.74) is 0.901. The first-order chi connectivity index (χ1) is 10.6.